The third-order valence-corrected chi connectivity index (χ3v) is 3.72. The molecular weight excluding hydrogens is 238 g/mol. The number of anilines is 1. The number of rotatable bonds is 3. The molecule has 4 nitrogen and oxygen atoms in total. The lowest BCUT2D eigenvalue weighted by atomic mass is 10.1. The maximum Gasteiger partial charge on any atom is 0.246 e. The molecule has 0 aliphatic carbocycles. The molecule has 1 aromatic carbocycles. The number of alkyl halides is 1. The van der Waals surface area contributed by atoms with Gasteiger partial charge in [-0.25, -0.2) is 8.42 Å². The Bertz CT molecular complexity index is 470. The van der Waals surface area contributed by atoms with Crippen molar-refractivity contribution in [3.05, 3.63) is 23.3 Å². The van der Waals surface area contributed by atoms with Gasteiger partial charge >= 0.3 is 0 Å². The van der Waals surface area contributed by atoms with Crippen LogP contribution >= 0.6 is 11.6 Å². The van der Waals surface area contributed by atoms with E-state index in [9.17, 15) is 13.5 Å². The first-order valence-corrected chi connectivity index (χ1v) is 6.41. The fourth-order valence-corrected chi connectivity index (χ4v) is 1.92. The van der Waals surface area contributed by atoms with E-state index in [-0.39, 0.29) is 5.75 Å². The topological polar surface area (TPSA) is 66.4 Å². The lowest BCUT2D eigenvalue weighted by Gasteiger charge is -2.11. The van der Waals surface area contributed by atoms with Gasteiger partial charge in [0.25, 0.3) is 0 Å². The van der Waals surface area contributed by atoms with E-state index in [1.165, 1.54) is 0 Å². The highest BCUT2D eigenvalue weighted by molar-refractivity contribution is 7.93. The molecule has 0 bridgehead atoms. The molecule has 0 amide bonds. The number of nitrogens with one attached hydrogen (secondary N) is 1. The van der Waals surface area contributed by atoms with Crippen molar-refractivity contribution in [2.45, 2.75) is 13.8 Å². The molecule has 0 aliphatic heterocycles. The van der Waals surface area contributed by atoms with Gasteiger partial charge in [0.05, 0.1) is 5.69 Å². The first-order valence-electron chi connectivity index (χ1n) is 4.23. The molecule has 0 saturated heterocycles. The van der Waals surface area contributed by atoms with Crippen molar-refractivity contribution in [1.29, 1.82) is 0 Å². The van der Waals surface area contributed by atoms with Crippen LogP contribution in [0.15, 0.2) is 12.1 Å². The Morgan fingerprint density at radius 1 is 1.40 bits per heavy atom. The molecule has 84 valence electrons. The monoisotopic (exact) mass is 249 g/mol. The van der Waals surface area contributed by atoms with Gasteiger partial charge < -0.3 is 5.11 Å². The fourth-order valence-electron chi connectivity index (χ4n) is 1.14. The highest BCUT2D eigenvalue weighted by Crippen LogP contribution is 2.28. The van der Waals surface area contributed by atoms with E-state index >= 15 is 0 Å². The zero-order valence-corrected chi connectivity index (χ0v) is 9.98. The highest BCUT2D eigenvalue weighted by atomic mass is 35.5. The van der Waals surface area contributed by atoms with Crippen LogP contribution in [-0.4, -0.2) is 18.7 Å². The summed E-state index contributed by atoms with van der Waals surface area (Å²) in [7, 11) is -3.52. The number of hydrogen-bond acceptors (Lipinski definition) is 3. The van der Waals surface area contributed by atoms with Gasteiger partial charge in [0.15, 0.2) is 0 Å². The third-order valence-electron chi connectivity index (χ3n) is 2.04. The summed E-state index contributed by atoms with van der Waals surface area (Å²) in [5.41, 5.74) is 1.53. The van der Waals surface area contributed by atoms with Crippen molar-refractivity contribution >= 4 is 27.3 Å². The lowest BCUT2D eigenvalue weighted by Crippen LogP contribution is -2.14. The summed E-state index contributed by atoms with van der Waals surface area (Å²) in [4.78, 5) is 0. The summed E-state index contributed by atoms with van der Waals surface area (Å²) < 4.78 is 24.7. The molecule has 0 saturated carbocycles. The number of phenolic OH excluding ortho intramolecular Hbond substituents is 1. The second kappa shape index (κ2) is 4.28. The van der Waals surface area contributed by atoms with E-state index in [1.807, 2.05) is 0 Å². The van der Waals surface area contributed by atoms with Crippen molar-refractivity contribution in [3.8, 4) is 5.75 Å². The SMILES string of the molecule is Cc1ccc(NS(=O)(=O)CCl)c(C)c1O. The van der Waals surface area contributed by atoms with Crippen LogP contribution < -0.4 is 4.72 Å². The van der Waals surface area contributed by atoms with Crippen LogP contribution in [0.1, 0.15) is 11.1 Å². The van der Waals surface area contributed by atoms with Crippen molar-refractivity contribution < 1.29 is 13.5 Å². The van der Waals surface area contributed by atoms with Gasteiger partial charge in [-0.2, -0.15) is 0 Å². The Balaban J connectivity index is 3.13. The molecule has 0 radical (unpaired) electrons. The minimum absolute atomic E-state index is 0.0878. The molecule has 0 spiro atoms. The van der Waals surface area contributed by atoms with E-state index < -0.39 is 15.2 Å². The first kappa shape index (κ1) is 12.1. The largest absolute Gasteiger partial charge is 0.507 e. The molecule has 1 aromatic rings. The van der Waals surface area contributed by atoms with Crippen LogP contribution in [0.4, 0.5) is 5.69 Å². The Morgan fingerprint density at radius 2 is 2.00 bits per heavy atom. The molecule has 0 fully saturated rings. The van der Waals surface area contributed by atoms with Gasteiger partial charge in [-0.05, 0) is 25.5 Å². The van der Waals surface area contributed by atoms with E-state index in [4.69, 9.17) is 11.6 Å². The van der Waals surface area contributed by atoms with Crippen molar-refractivity contribution in [3.63, 3.8) is 0 Å². The maximum atomic E-state index is 11.2. The van der Waals surface area contributed by atoms with Crippen LogP contribution in [-0.2, 0) is 10.0 Å². The maximum absolute atomic E-state index is 11.2. The molecular formula is C9H12ClNO3S. The standard InChI is InChI=1S/C9H12ClNO3S/c1-6-3-4-8(7(2)9(6)12)11-15(13,14)5-10/h3-4,11-12H,5H2,1-2H3. The number of benzene rings is 1. The Labute approximate surface area is 93.9 Å². The van der Waals surface area contributed by atoms with Crippen LogP contribution in [0, 0.1) is 13.8 Å². The molecule has 0 aliphatic rings. The molecule has 6 heteroatoms. The predicted molar refractivity (Wildman–Crippen MR) is 60.8 cm³/mol. The third kappa shape index (κ3) is 2.76. The van der Waals surface area contributed by atoms with Gasteiger partial charge in [0.1, 0.15) is 11.0 Å². The van der Waals surface area contributed by atoms with Gasteiger partial charge in [-0.1, -0.05) is 6.07 Å². The highest BCUT2D eigenvalue weighted by Gasteiger charge is 2.12. The van der Waals surface area contributed by atoms with Crippen molar-refractivity contribution in [1.82, 2.24) is 0 Å². The summed E-state index contributed by atoms with van der Waals surface area (Å²) >= 11 is 5.25. The molecule has 0 unspecified atom stereocenters. The molecule has 2 N–H and O–H groups in total. The normalized spacial score (nSPS) is 11.4. The summed E-state index contributed by atoms with van der Waals surface area (Å²) in [5, 5.41) is 9.08. The van der Waals surface area contributed by atoms with Crippen molar-refractivity contribution in [2.75, 3.05) is 9.93 Å². The fraction of sp³-hybridized carbons (Fsp3) is 0.333. The smallest absolute Gasteiger partial charge is 0.246 e. The summed E-state index contributed by atoms with van der Waals surface area (Å²) in [6, 6.07) is 3.23. The average Bonchev–Trinajstić information content (AvgIpc) is 2.19. The summed E-state index contributed by atoms with van der Waals surface area (Å²) in [6.07, 6.45) is 0. The van der Waals surface area contributed by atoms with Crippen molar-refractivity contribution in [2.24, 2.45) is 0 Å². The number of aryl methyl sites for hydroxylation is 1. The van der Waals surface area contributed by atoms with Crippen LogP contribution in [0.2, 0.25) is 0 Å². The molecule has 0 aromatic heterocycles. The minimum Gasteiger partial charge on any atom is -0.507 e. The number of halogens is 1. The second-order valence-corrected chi connectivity index (χ2v) is 5.54. The predicted octanol–water partition coefficient (Wildman–Crippen LogP) is 1.95. The summed E-state index contributed by atoms with van der Waals surface area (Å²) in [6.45, 7) is 3.37. The molecule has 0 atom stereocenters. The second-order valence-electron chi connectivity index (χ2n) is 3.23. The van der Waals surface area contributed by atoms with Gasteiger partial charge in [-0.15, -0.1) is 11.6 Å². The average molecular weight is 250 g/mol. The van der Waals surface area contributed by atoms with Crippen LogP contribution in [0.25, 0.3) is 0 Å². The van der Waals surface area contributed by atoms with E-state index in [2.05, 4.69) is 4.72 Å². The molecule has 1 rings (SSSR count). The Hall–Kier alpha value is -0.940. The van der Waals surface area contributed by atoms with Crippen LogP contribution in [0.5, 0.6) is 5.75 Å². The number of sulfonamides is 1. The van der Waals surface area contributed by atoms with Gasteiger partial charge in [-0.3, -0.25) is 4.72 Å². The lowest BCUT2D eigenvalue weighted by molar-refractivity contribution is 0.467. The molecule has 15 heavy (non-hydrogen) atoms. The van der Waals surface area contributed by atoms with E-state index in [0.29, 0.717) is 16.8 Å². The Morgan fingerprint density at radius 3 is 2.53 bits per heavy atom. The van der Waals surface area contributed by atoms with Crippen LogP contribution in [0.3, 0.4) is 0 Å². The zero-order valence-electron chi connectivity index (χ0n) is 8.41. The van der Waals surface area contributed by atoms with Gasteiger partial charge in [0.2, 0.25) is 10.0 Å². The first-order chi connectivity index (χ1) is 6.87. The zero-order chi connectivity index (χ0) is 11.6. The number of aromatic hydroxyl groups is 1. The van der Waals surface area contributed by atoms with Gasteiger partial charge in [0, 0.05) is 5.56 Å². The van der Waals surface area contributed by atoms with E-state index in [0.717, 1.165) is 0 Å². The number of phenols is 1. The summed E-state index contributed by atoms with van der Waals surface area (Å²) in [5.74, 6) is 0.0878. The Kier molecular flexibility index (Phi) is 3.46. The minimum atomic E-state index is -3.52. The van der Waals surface area contributed by atoms with E-state index in [1.54, 1.807) is 26.0 Å². The molecule has 0 heterocycles. The number of hydrogen-bond donors (Lipinski definition) is 2. The quantitative estimate of drug-likeness (QED) is 0.805.